The smallest absolute Gasteiger partial charge is 0.159 e. The lowest BCUT2D eigenvalue weighted by molar-refractivity contribution is 0.101. The van der Waals surface area contributed by atoms with E-state index < -0.39 is 0 Å². The van der Waals surface area contributed by atoms with Crippen LogP contribution in [-0.2, 0) is 19.5 Å². The molecule has 2 aromatic rings. The number of hydrogen-bond acceptors (Lipinski definition) is 4. The van der Waals surface area contributed by atoms with Gasteiger partial charge in [0.15, 0.2) is 5.78 Å². The molecule has 0 aliphatic carbocycles. The largest absolute Gasteiger partial charge is 0.364 e. The van der Waals surface area contributed by atoms with Gasteiger partial charge in [0.1, 0.15) is 12.2 Å². The first-order valence-electron chi connectivity index (χ1n) is 7.44. The third-order valence-electron chi connectivity index (χ3n) is 4.03. The van der Waals surface area contributed by atoms with Crippen molar-refractivity contribution in [2.45, 2.75) is 39.8 Å². The lowest BCUT2D eigenvalue weighted by Gasteiger charge is -2.31. The maximum atomic E-state index is 11.5. The van der Waals surface area contributed by atoms with Crippen molar-refractivity contribution in [3.63, 3.8) is 0 Å². The number of aromatic nitrogens is 3. The van der Waals surface area contributed by atoms with E-state index in [0.29, 0.717) is 0 Å². The van der Waals surface area contributed by atoms with Crippen LogP contribution in [-0.4, -0.2) is 27.1 Å². The van der Waals surface area contributed by atoms with Gasteiger partial charge < -0.3 is 4.90 Å². The molecular formula is C16H20N4O. The Morgan fingerprint density at radius 2 is 2.24 bits per heavy atom. The zero-order valence-corrected chi connectivity index (χ0v) is 12.5. The first-order valence-corrected chi connectivity index (χ1v) is 7.44. The van der Waals surface area contributed by atoms with Crippen LogP contribution in [0.1, 0.15) is 42.0 Å². The fraction of sp³-hybridized carbons (Fsp3) is 0.438. The molecular weight excluding hydrogens is 264 g/mol. The van der Waals surface area contributed by atoms with Gasteiger partial charge in [-0.3, -0.25) is 4.79 Å². The molecule has 1 aliphatic rings. The minimum Gasteiger partial charge on any atom is -0.364 e. The molecule has 0 atom stereocenters. The van der Waals surface area contributed by atoms with Crippen molar-refractivity contribution in [3.05, 3.63) is 41.5 Å². The Balaban J connectivity index is 1.88. The van der Waals surface area contributed by atoms with Crippen molar-refractivity contribution in [3.8, 4) is 0 Å². The average Bonchev–Trinajstić information content (AvgIpc) is 2.94. The number of fused-ring (bicyclic) bond motifs is 1. The topological polar surface area (TPSA) is 51.0 Å². The van der Waals surface area contributed by atoms with Gasteiger partial charge in [-0.2, -0.15) is 5.10 Å². The van der Waals surface area contributed by atoms with Crippen LogP contribution in [0.15, 0.2) is 24.5 Å². The number of carbonyl (C=O) groups is 1. The van der Waals surface area contributed by atoms with Gasteiger partial charge in [-0.05, 0) is 50.5 Å². The number of carbonyl (C=O) groups excluding carboxylic acids is 1. The van der Waals surface area contributed by atoms with E-state index in [0.717, 1.165) is 43.9 Å². The van der Waals surface area contributed by atoms with Crippen molar-refractivity contribution >= 4 is 11.5 Å². The molecule has 0 saturated heterocycles. The third kappa shape index (κ3) is 2.68. The van der Waals surface area contributed by atoms with Crippen LogP contribution < -0.4 is 4.90 Å². The van der Waals surface area contributed by atoms with Crippen LogP contribution in [0.2, 0.25) is 0 Å². The first-order chi connectivity index (χ1) is 10.2. The maximum Gasteiger partial charge on any atom is 0.159 e. The fourth-order valence-electron chi connectivity index (χ4n) is 2.90. The van der Waals surface area contributed by atoms with E-state index in [1.165, 1.54) is 11.3 Å². The van der Waals surface area contributed by atoms with Crippen LogP contribution in [0.4, 0.5) is 5.69 Å². The molecule has 1 aliphatic heterocycles. The Bertz CT molecular complexity index is 662. The predicted molar refractivity (Wildman–Crippen MR) is 81.5 cm³/mol. The quantitative estimate of drug-likeness (QED) is 0.809. The monoisotopic (exact) mass is 284 g/mol. The molecule has 3 rings (SSSR count). The number of nitrogens with zero attached hydrogens (tertiary/aromatic N) is 4. The van der Waals surface area contributed by atoms with Crippen LogP contribution in [0.25, 0.3) is 0 Å². The number of anilines is 1. The highest BCUT2D eigenvalue weighted by molar-refractivity contribution is 5.94. The second-order valence-corrected chi connectivity index (χ2v) is 5.42. The van der Waals surface area contributed by atoms with Gasteiger partial charge in [0.05, 0.1) is 6.54 Å². The number of aryl methyl sites for hydroxylation is 2. The third-order valence-corrected chi connectivity index (χ3v) is 4.03. The molecule has 0 radical (unpaired) electrons. The summed E-state index contributed by atoms with van der Waals surface area (Å²) in [7, 11) is 0. The van der Waals surface area contributed by atoms with Crippen molar-refractivity contribution in [1.82, 2.24) is 14.8 Å². The van der Waals surface area contributed by atoms with Gasteiger partial charge in [0.25, 0.3) is 0 Å². The average molecular weight is 284 g/mol. The number of Topliss-reactive ketones (excluding diaryl/α,β-unsaturated/α-hetero) is 1. The molecule has 21 heavy (non-hydrogen) atoms. The summed E-state index contributed by atoms with van der Waals surface area (Å²) in [5.74, 6) is 1.11. The first kappa shape index (κ1) is 13.8. The van der Waals surface area contributed by atoms with E-state index in [4.69, 9.17) is 0 Å². The summed E-state index contributed by atoms with van der Waals surface area (Å²) in [6.07, 6.45) is 3.75. The Morgan fingerprint density at radius 3 is 3.00 bits per heavy atom. The summed E-state index contributed by atoms with van der Waals surface area (Å²) < 4.78 is 1.93. The molecule has 0 N–H and O–H groups in total. The highest BCUT2D eigenvalue weighted by atomic mass is 16.1. The second kappa shape index (κ2) is 5.68. The van der Waals surface area contributed by atoms with E-state index in [1.54, 1.807) is 13.3 Å². The molecule has 2 heterocycles. The Hall–Kier alpha value is -2.17. The minimum absolute atomic E-state index is 0.126. The van der Waals surface area contributed by atoms with Gasteiger partial charge in [0.2, 0.25) is 0 Å². The van der Waals surface area contributed by atoms with E-state index in [-0.39, 0.29) is 5.78 Å². The van der Waals surface area contributed by atoms with E-state index >= 15 is 0 Å². The van der Waals surface area contributed by atoms with E-state index in [2.05, 4.69) is 28.0 Å². The Kier molecular flexibility index (Phi) is 3.73. The molecule has 0 bridgehead atoms. The van der Waals surface area contributed by atoms with Crippen LogP contribution >= 0.6 is 0 Å². The van der Waals surface area contributed by atoms with Gasteiger partial charge in [-0.1, -0.05) is 0 Å². The van der Waals surface area contributed by atoms with Crippen molar-refractivity contribution in [1.29, 1.82) is 0 Å². The van der Waals surface area contributed by atoms with Gasteiger partial charge in [-0.25, -0.2) is 9.67 Å². The predicted octanol–water partition coefficient (Wildman–Crippen LogP) is 2.45. The number of benzene rings is 1. The lowest BCUT2D eigenvalue weighted by Crippen LogP contribution is -2.30. The normalized spacial score (nSPS) is 14.1. The van der Waals surface area contributed by atoms with Crippen molar-refractivity contribution < 1.29 is 4.79 Å². The molecule has 0 saturated carbocycles. The van der Waals surface area contributed by atoms with Crippen molar-refractivity contribution in [2.24, 2.45) is 0 Å². The minimum atomic E-state index is 0.126. The standard InChI is InChI=1S/C16H20N4O/c1-3-20-16(17-11-18-20)10-19-8-4-5-14-9-13(12(2)21)6-7-15(14)19/h6-7,9,11H,3-5,8,10H2,1-2H3. The lowest BCUT2D eigenvalue weighted by atomic mass is 9.98. The van der Waals surface area contributed by atoms with Crippen molar-refractivity contribution in [2.75, 3.05) is 11.4 Å². The fourth-order valence-corrected chi connectivity index (χ4v) is 2.90. The molecule has 1 aromatic carbocycles. The molecule has 5 nitrogen and oxygen atoms in total. The Labute approximate surface area is 124 Å². The van der Waals surface area contributed by atoms with Gasteiger partial charge >= 0.3 is 0 Å². The summed E-state index contributed by atoms with van der Waals surface area (Å²) in [4.78, 5) is 18.2. The SMILES string of the molecule is CCn1ncnc1CN1CCCc2cc(C(C)=O)ccc21. The summed E-state index contributed by atoms with van der Waals surface area (Å²) >= 11 is 0. The molecule has 1 aromatic heterocycles. The molecule has 0 unspecified atom stereocenters. The zero-order chi connectivity index (χ0) is 14.8. The highest BCUT2D eigenvalue weighted by Gasteiger charge is 2.19. The summed E-state index contributed by atoms with van der Waals surface area (Å²) in [6.45, 7) is 6.30. The summed E-state index contributed by atoms with van der Waals surface area (Å²) in [5.41, 5.74) is 3.28. The second-order valence-electron chi connectivity index (χ2n) is 5.42. The highest BCUT2D eigenvalue weighted by Crippen LogP contribution is 2.29. The number of hydrogen-bond donors (Lipinski definition) is 0. The summed E-state index contributed by atoms with van der Waals surface area (Å²) in [6, 6.07) is 6.02. The van der Waals surface area contributed by atoms with Crippen LogP contribution in [0.5, 0.6) is 0 Å². The van der Waals surface area contributed by atoms with Gasteiger partial charge in [0, 0.05) is 24.3 Å². The zero-order valence-electron chi connectivity index (χ0n) is 12.5. The van der Waals surface area contributed by atoms with E-state index in [9.17, 15) is 4.79 Å². The van der Waals surface area contributed by atoms with E-state index in [1.807, 2.05) is 16.8 Å². The van der Waals surface area contributed by atoms with Crippen LogP contribution in [0.3, 0.4) is 0 Å². The van der Waals surface area contributed by atoms with Gasteiger partial charge in [-0.15, -0.1) is 0 Å². The molecule has 110 valence electrons. The molecule has 0 spiro atoms. The summed E-state index contributed by atoms with van der Waals surface area (Å²) in [5, 5.41) is 4.23. The number of ketones is 1. The number of rotatable bonds is 4. The molecule has 0 amide bonds. The Morgan fingerprint density at radius 1 is 1.38 bits per heavy atom. The molecule has 0 fully saturated rings. The molecule has 5 heteroatoms. The maximum absolute atomic E-state index is 11.5. The van der Waals surface area contributed by atoms with Crippen LogP contribution in [0, 0.1) is 0 Å².